The van der Waals surface area contributed by atoms with Crippen LogP contribution in [0.4, 0.5) is 30.2 Å². The molecule has 0 saturated heterocycles. The number of nitrogens with two attached hydrogens (primary N) is 1. The lowest BCUT2D eigenvalue weighted by Gasteiger charge is -2.17. The van der Waals surface area contributed by atoms with Gasteiger partial charge in [-0.2, -0.15) is 13.2 Å². The highest BCUT2D eigenvalue weighted by atomic mass is 19.4. The summed E-state index contributed by atoms with van der Waals surface area (Å²) < 4.78 is 43.6. The summed E-state index contributed by atoms with van der Waals surface area (Å²) in [5.41, 5.74) is 6.44. The predicted molar refractivity (Wildman–Crippen MR) is 74.7 cm³/mol. The van der Waals surface area contributed by atoms with Crippen molar-refractivity contribution in [2.75, 3.05) is 18.2 Å². The van der Waals surface area contributed by atoms with Crippen molar-refractivity contribution >= 4 is 17.1 Å². The molecule has 0 unspecified atom stereocenters. The largest absolute Gasteiger partial charge is 0.495 e. The zero-order valence-corrected chi connectivity index (χ0v) is 11.5. The molecule has 0 saturated carbocycles. The van der Waals surface area contributed by atoms with Crippen LogP contribution in [0.3, 0.4) is 0 Å². The van der Waals surface area contributed by atoms with Gasteiger partial charge in [-0.25, -0.2) is 0 Å². The van der Waals surface area contributed by atoms with Crippen LogP contribution in [0.5, 0.6) is 5.75 Å². The van der Waals surface area contributed by atoms with Gasteiger partial charge in [0.1, 0.15) is 5.75 Å². The van der Waals surface area contributed by atoms with Crippen LogP contribution in [0.25, 0.3) is 0 Å². The molecule has 1 heterocycles. The summed E-state index contributed by atoms with van der Waals surface area (Å²) in [6.45, 7) is 1.74. The topological polar surface area (TPSA) is 60.2 Å². The van der Waals surface area contributed by atoms with Crippen molar-refractivity contribution in [2.45, 2.75) is 13.1 Å². The van der Waals surface area contributed by atoms with Crippen LogP contribution in [0.15, 0.2) is 30.5 Å². The van der Waals surface area contributed by atoms with E-state index in [1.54, 1.807) is 25.3 Å². The van der Waals surface area contributed by atoms with Gasteiger partial charge >= 0.3 is 6.18 Å². The van der Waals surface area contributed by atoms with Gasteiger partial charge in [0.2, 0.25) is 0 Å². The molecule has 0 bridgehead atoms. The molecule has 112 valence electrons. The molecule has 0 aliphatic carbocycles. The normalized spacial score (nSPS) is 11.3. The number of nitrogen functional groups attached to an aromatic ring is 1. The third kappa shape index (κ3) is 3.18. The molecule has 0 fully saturated rings. The van der Waals surface area contributed by atoms with Crippen LogP contribution in [0.2, 0.25) is 0 Å². The van der Waals surface area contributed by atoms with Crippen molar-refractivity contribution in [3.05, 3.63) is 41.7 Å². The van der Waals surface area contributed by atoms with Gasteiger partial charge in [0.05, 0.1) is 35.4 Å². The molecule has 21 heavy (non-hydrogen) atoms. The lowest BCUT2D eigenvalue weighted by atomic mass is 10.1. The van der Waals surface area contributed by atoms with Crippen molar-refractivity contribution in [3.8, 4) is 5.75 Å². The Morgan fingerprint density at radius 1 is 1.24 bits per heavy atom. The number of halogens is 3. The maximum absolute atomic E-state index is 12.9. The van der Waals surface area contributed by atoms with Crippen LogP contribution in [0, 0.1) is 6.92 Å². The zero-order valence-electron chi connectivity index (χ0n) is 11.5. The van der Waals surface area contributed by atoms with Crippen LogP contribution in [-0.4, -0.2) is 12.1 Å². The van der Waals surface area contributed by atoms with E-state index in [1.807, 2.05) is 0 Å². The summed E-state index contributed by atoms with van der Waals surface area (Å²) in [6.07, 6.45) is -2.89. The van der Waals surface area contributed by atoms with Gasteiger partial charge in [-0.1, -0.05) is 0 Å². The minimum atomic E-state index is -4.48. The molecule has 0 aliphatic rings. The molecule has 2 aromatic rings. The highest BCUT2D eigenvalue weighted by Crippen LogP contribution is 2.39. The van der Waals surface area contributed by atoms with Crippen molar-refractivity contribution in [2.24, 2.45) is 0 Å². The summed E-state index contributed by atoms with van der Waals surface area (Å²) in [6, 6.07) is 5.20. The van der Waals surface area contributed by atoms with Crippen molar-refractivity contribution in [1.29, 1.82) is 0 Å². The number of hydrogen-bond donors (Lipinski definition) is 2. The number of hydrogen-bond acceptors (Lipinski definition) is 4. The summed E-state index contributed by atoms with van der Waals surface area (Å²) >= 11 is 0. The molecular formula is C14H14F3N3O. The SMILES string of the molecule is COc1cc(C(F)(F)F)cc(Nc2cccnc2C)c1N. The number of alkyl halides is 3. The number of benzene rings is 1. The van der Waals surface area contributed by atoms with E-state index in [9.17, 15) is 13.2 Å². The number of ether oxygens (including phenoxy) is 1. The van der Waals surface area contributed by atoms with E-state index >= 15 is 0 Å². The average Bonchev–Trinajstić information content (AvgIpc) is 2.42. The van der Waals surface area contributed by atoms with E-state index in [-0.39, 0.29) is 17.1 Å². The fourth-order valence-electron chi connectivity index (χ4n) is 1.82. The Balaban J connectivity index is 2.50. The molecule has 0 spiro atoms. The molecule has 0 amide bonds. The van der Waals surface area contributed by atoms with Gasteiger partial charge in [0.15, 0.2) is 0 Å². The zero-order chi connectivity index (χ0) is 15.6. The van der Waals surface area contributed by atoms with E-state index < -0.39 is 11.7 Å². The second-order valence-electron chi connectivity index (χ2n) is 4.40. The Morgan fingerprint density at radius 3 is 2.52 bits per heavy atom. The Hall–Kier alpha value is -2.44. The second-order valence-corrected chi connectivity index (χ2v) is 4.40. The van der Waals surface area contributed by atoms with Crippen LogP contribution in [0.1, 0.15) is 11.3 Å². The molecule has 1 aromatic carbocycles. The van der Waals surface area contributed by atoms with Gasteiger partial charge in [0, 0.05) is 6.20 Å². The molecule has 4 nitrogen and oxygen atoms in total. The summed E-state index contributed by atoms with van der Waals surface area (Å²) in [5, 5.41) is 2.86. The molecule has 2 rings (SSSR count). The smallest absolute Gasteiger partial charge is 0.416 e. The van der Waals surface area contributed by atoms with Crippen LogP contribution >= 0.6 is 0 Å². The number of aryl methyl sites for hydroxylation is 1. The maximum atomic E-state index is 12.9. The first-order chi connectivity index (χ1) is 9.82. The fraction of sp³-hybridized carbons (Fsp3) is 0.214. The molecule has 7 heteroatoms. The third-order valence-electron chi connectivity index (χ3n) is 2.97. The molecular weight excluding hydrogens is 283 g/mol. The standard InChI is InChI=1S/C14H14F3N3O/c1-8-10(4-3-5-19-8)20-11-6-9(14(15,16)17)7-12(21-2)13(11)18/h3-7,20H,18H2,1-2H3. The monoisotopic (exact) mass is 297 g/mol. The van der Waals surface area contributed by atoms with E-state index in [1.165, 1.54) is 7.11 Å². The molecule has 1 aromatic heterocycles. The van der Waals surface area contributed by atoms with Gasteiger partial charge in [-0.15, -0.1) is 0 Å². The van der Waals surface area contributed by atoms with E-state index in [0.29, 0.717) is 11.4 Å². The van der Waals surface area contributed by atoms with Crippen molar-refractivity contribution in [3.63, 3.8) is 0 Å². The number of methoxy groups -OCH3 is 1. The van der Waals surface area contributed by atoms with Gasteiger partial charge in [0.25, 0.3) is 0 Å². The summed E-state index contributed by atoms with van der Waals surface area (Å²) in [4.78, 5) is 4.06. The van der Waals surface area contributed by atoms with Gasteiger partial charge < -0.3 is 15.8 Å². The number of rotatable bonds is 3. The Labute approximate surface area is 119 Å². The first-order valence-corrected chi connectivity index (χ1v) is 6.06. The maximum Gasteiger partial charge on any atom is 0.416 e. The minimum Gasteiger partial charge on any atom is -0.495 e. The van der Waals surface area contributed by atoms with Crippen molar-refractivity contribution in [1.82, 2.24) is 4.98 Å². The summed E-state index contributed by atoms with van der Waals surface area (Å²) in [5.74, 6) is -0.0335. The molecule has 0 atom stereocenters. The molecule has 0 aliphatic heterocycles. The minimum absolute atomic E-state index is 0.0335. The van der Waals surface area contributed by atoms with Crippen molar-refractivity contribution < 1.29 is 17.9 Å². The molecule has 3 N–H and O–H groups in total. The second kappa shape index (κ2) is 5.51. The lowest BCUT2D eigenvalue weighted by Crippen LogP contribution is -2.08. The Morgan fingerprint density at radius 2 is 1.95 bits per heavy atom. The quantitative estimate of drug-likeness (QED) is 0.847. The number of anilines is 3. The van der Waals surface area contributed by atoms with Gasteiger partial charge in [-0.05, 0) is 31.2 Å². The predicted octanol–water partition coefficient (Wildman–Crippen LogP) is 3.74. The first kappa shape index (κ1) is 15.0. The number of nitrogens with one attached hydrogen (secondary N) is 1. The lowest BCUT2D eigenvalue weighted by molar-refractivity contribution is -0.137. The highest BCUT2D eigenvalue weighted by molar-refractivity contribution is 5.79. The van der Waals surface area contributed by atoms with E-state index in [0.717, 1.165) is 12.1 Å². The molecule has 0 radical (unpaired) electrons. The summed E-state index contributed by atoms with van der Waals surface area (Å²) in [7, 11) is 1.27. The van der Waals surface area contributed by atoms with Crippen LogP contribution in [-0.2, 0) is 6.18 Å². The van der Waals surface area contributed by atoms with Crippen LogP contribution < -0.4 is 15.8 Å². The average molecular weight is 297 g/mol. The fourth-order valence-corrected chi connectivity index (χ4v) is 1.82. The first-order valence-electron chi connectivity index (χ1n) is 6.06. The Kier molecular flexibility index (Phi) is 3.93. The Bertz CT molecular complexity index is 656. The number of pyridine rings is 1. The third-order valence-corrected chi connectivity index (χ3v) is 2.97. The van der Waals surface area contributed by atoms with E-state index in [2.05, 4.69) is 10.3 Å². The van der Waals surface area contributed by atoms with E-state index in [4.69, 9.17) is 10.5 Å². The number of nitrogens with zero attached hydrogens (tertiary/aromatic N) is 1. The van der Waals surface area contributed by atoms with Gasteiger partial charge in [-0.3, -0.25) is 4.98 Å². The highest BCUT2D eigenvalue weighted by Gasteiger charge is 2.32. The number of aromatic nitrogens is 1.